The molecule has 3 heteroatoms. The first-order valence-electron chi connectivity index (χ1n) is 4.67. The zero-order valence-electron chi connectivity index (χ0n) is 7.79. The molecule has 1 aliphatic carbocycles. The molecule has 0 spiro atoms. The fourth-order valence-corrected chi connectivity index (χ4v) is 1.86. The number of hydrogen-bond donors (Lipinski definition) is 2. The molecule has 0 atom stereocenters. The lowest BCUT2D eigenvalue weighted by molar-refractivity contribution is -0.117. The van der Waals surface area contributed by atoms with Crippen molar-refractivity contribution < 1.29 is 15.0 Å². The van der Waals surface area contributed by atoms with Crippen LogP contribution >= 0.6 is 0 Å². The fourth-order valence-electron chi connectivity index (χ4n) is 1.86. The molecular weight excluding hydrogens is 180 g/mol. The second-order valence-electron chi connectivity index (χ2n) is 3.62. The first-order chi connectivity index (χ1) is 6.70. The Labute approximate surface area is 82.0 Å². The summed E-state index contributed by atoms with van der Waals surface area (Å²) in [5, 5.41) is 18.3. The molecule has 0 heterocycles. The monoisotopic (exact) mass is 192 g/mol. The molecule has 0 unspecified atom stereocenters. The Morgan fingerprint density at radius 1 is 1.21 bits per heavy atom. The number of carbonyl (C=O) groups excluding carboxylic acids is 1. The first-order valence-corrected chi connectivity index (χ1v) is 4.67. The molecule has 0 fully saturated rings. The minimum atomic E-state index is 0.0142. The number of aromatic hydroxyl groups is 1. The molecule has 2 rings (SSSR count). The lowest BCUT2D eigenvalue weighted by atomic mass is 10.0. The van der Waals surface area contributed by atoms with Gasteiger partial charge in [-0.15, -0.1) is 0 Å². The molecular formula is C11H12O3. The molecule has 1 aliphatic rings. The van der Waals surface area contributed by atoms with Crippen LogP contribution in [0.3, 0.4) is 0 Å². The SMILES string of the molecule is O=C1Cc2cc(O)c(CCO)cc2C1. The molecule has 1 aromatic carbocycles. The van der Waals surface area contributed by atoms with Crippen molar-refractivity contribution >= 4 is 5.78 Å². The van der Waals surface area contributed by atoms with Gasteiger partial charge >= 0.3 is 0 Å². The molecule has 1 aromatic rings. The predicted octanol–water partition coefficient (Wildman–Crippen LogP) is 0.595. The molecule has 3 nitrogen and oxygen atoms in total. The third-order valence-electron chi connectivity index (χ3n) is 2.56. The van der Waals surface area contributed by atoms with E-state index < -0.39 is 0 Å². The third-order valence-corrected chi connectivity index (χ3v) is 2.56. The maximum Gasteiger partial charge on any atom is 0.141 e. The number of rotatable bonds is 2. The highest BCUT2D eigenvalue weighted by atomic mass is 16.3. The molecule has 0 radical (unpaired) electrons. The number of carbonyl (C=O) groups is 1. The van der Waals surface area contributed by atoms with Crippen molar-refractivity contribution in [1.82, 2.24) is 0 Å². The minimum absolute atomic E-state index is 0.0142. The van der Waals surface area contributed by atoms with Crippen LogP contribution in [0.5, 0.6) is 5.75 Å². The number of benzene rings is 1. The molecule has 74 valence electrons. The van der Waals surface area contributed by atoms with E-state index in [1.807, 2.05) is 6.07 Å². The Hall–Kier alpha value is -1.35. The van der Waals surface area contributed by atoms with Crippen molar-refractivity contribution in [2.24, 2.45) is 0 Å². The van der Waals surface area contributed by atoms with Gasteiger partial charge in [0.1, 0.15) is 11.5 Å². The summed E-state index contributed by atoms with van der Waals surface area (Å²) in [6.07, 6.45) is 1.34. The van der Waals surface area contributed by atoms with Crippen molar-refractivity contribution in [3.8, 4) is 5.75 Å². The smallest absolute Gasteiger partial charge is 0.141 e. The van der Waals surface area contributed by atoms with Gasteiger partial charge in [-0.1, -0.05) is 6.07 Å². The van der Waals surface area contributed by atoms with Crippen LogP contribution in [0.15, 0.2) is 12.1 Å². The van der Waals surface area contributed by atoms with Crippen molar-refractivity contribution in [2.45, 2.75) is 19.3 Å². The number of aliphatic hydroxyl groups excluding tert-OH is 1. The summed E-state index contributed by atoms with van der Waals surface area (Å²) in [5.74, 6) is 0.382. The van der Waals surface area contributed by atoms with Crippen LogP contribution in [-0.2, 0) is 24.1 Å². The Bertz CT molecular complexity index is 382. The van der Waals surface area contributed by atoms with E-state index in [1.165, 1.54) is 0 Å². The van der Waals surface area contributed by atoms with Crippen molar-refractivity contribution in [3.05, 3.63) is 28.8 Å². The van der Waals surface area contributed by atoms with E-state index in [4.69, 9.17) is 5.11 Å². The molecule has 0 amide bonds. The lowest BCUT2D eigenvalue weighted by Crippen LogP contribution is -1.94. The van der Waals surface area contributed by atoms with Crippen LogP contribution < -0.4 is 0 Å². The van der Waals surface area contributed by atoms with E-state index in [0.29, 0.717) is 19.3 Å². The van der Waals surface area contributed by atoms with E-state index in [0.717, 1.165) is 16.7 Å². The Morgan fingerprint density at radius 3 is 2.50 bits per heavy atom. The lowest BCUT2D eigenvalue weighted by Gasteiger charge is -2.05. The van der Waals surface area contributed by atoms with Crippen LogP contribution in [-0.4, -0.2) is 22.6 Å². The van der Waals surface area contributed by atoms with Gasteiger partial charge in [0, 0.05) is 19.4 Å². The summed E-state index contributed by atoms with van der Waals surface area (Å²) in [5.41, 5.74) is 2.64. The normalized spacial score (nSPS) is 14.5. The summed E-state index contributed by atoms with van der Waals surface area (Å²) >= 11 is 0. The zero-order valence-corrected chi connectivity index (χ0v) is 7.79. The Kier molecular flexibility index (Phi) is 2.25. The molecule has 2 N–H and O–H groups in total. The van der Waals surface area contributed by atoms with Crippen molar-refractivity contribution in [3.63, 3.8) is 0 Å². The van der Waals surface area contributed by atoms with Crippen molar-refractivity contribution in [1.29, 1.82) is 0 Å². The third kappa shape index (κ3) is 1.51. The number of ketones is 1. The Balaban J connectivity index is 2.39. The van der Waals surface area contributed by atoms with E-state index in [9.17, 15) is 9.90 Å². The summed E-state index contributed by atoms with van der Waals surface area (Å²) in [7, 11) is 0. The van der Waals surface area contributed by atoms with E-state index in [1.54, 1.807) is 6.07 Å². The van der Waals surface area contributed by atoms with Crippen LogP contribution in [0, 0.1) is 0 Å². The summed E-state index contributed by atoms with van der Waals surface area (Å²) in [4.78, 5) is 11.1. The number of Topliss-reactive ketones (excluding diaryl/α,β-unsaturated/α-hetero) is 1. The molecule has 0 aliphatic heterocycles. The van der Waals surface area contributed by atoms with E-state index in [2.05, 4.69) is 0 Å². The first kappa shape index (κ1) is 9.21. The number of phenolic OH excluding ortho intramolecular Hbond substituents is 1. The van der Waals surface area contributed by atoms with Gasteiger partial charge in [-0.25, -0.2) is 0 Å². The molecule has 0 bridgehead atoms. The van der Waals surface area contributed by atoms with Gasteiger partial charge in [0.2, 0.25) is 0 Å². The van der Waals surface area contributed by atoms with Gasteiger partial charge < -0.3 is 10.2 Å². The van der Waals surface area contributed by atoms with Gasteiger partial charge in [0.15, 0.2) is 0 Å². The highest BCUT2D eigenvalue weighted by Crippen LogP contribution is 2.27. The van der Waals surface area contributed by atoms with Gasteiger partial charge in [-0.2, -0.15) is 0 Å². The number of aliphatic hydroxyl groups is 1. The average molecular weight is 192 g/mol. The molecule has 14 heavy (non-hydrogen) atoms. The van der Waals surface area contributed by atoms with E-state index >= 15 is 0 Å². The molecule has 0 saturated carbocycles. The fraction of sp³-hybridized carbons (Fsp3) is 0.364. The molecule has 0 saturated heterocycles. The predicted molar refractivity (Wildman–Crippen MR) is 51.3 cm³/mol. The standard InChI is InChI=1S/C11H12O3/c12-2-1-7-3-8-4-10(13)5-9(8)6-11(7)14/h3,6,12,14H,1-2,4-5H2. The van der Waals surface area contributed by atoms with Crippen LogP contribution in [0.2, 0.25) is 0 Å². The number of fused-ring (bicyclic) bond motifs is 1. The second kappa shape index (κ2) is 3.42. The summed E-state index contributed by atoms with van der Waals surface area (Å²) in [6, 6.07) is 3.47. The zero-order chi connectivity index (χ0) is 10.1. The van der Waals surface area contributed by atoms with Gasteiger partial charge in [-0.05, 0) is 29.2 Å². The maximum absolute atomic E-state index is 11.1. The highest BCUT2D eigenvalue weighted by Gasteiger charge is 2.20. The topological polar surface area (TPSA) is 57.5 Å². The van der Waals surface area contributed by atoms with Crippen LogP contribution in [0.4, 0.5) is 0 Å². The van der Waals surface area contributed by atoms with Crippen LogP contribution in [0.25, 0.3) is 0 Å². The van der Waals surface area contributed by atoms with Gasteiger partial charge in [-0.3, -0.25) is 4.79 Å². The van der Waals surface area contributed by atoms with Crippen LogP contribution in [0.1, 0.15) is 16.7 Å². The summed E-state index contributed by atoms with van der Waals surface area (Å²) in [6.45, 7) is 0.0142. The van der Waals surface area contributed by atoms with Gasteiger partial charge in [0.05, 0.1) is 0 Å². The number of phenols is 1. The Morgan fingerprint density at radius 2 is 1.86 bits per heavy atom. The van der Waals surface area contributed by atoms with Gasteiger partial charge in [0.25, 0.3) is 0 Å². The highest BCUT2D eigenvalue weighted by molar-refractivity contribution is 5.88. The summed E-state index contributed by atoms with van der Waals surface area (Å²) < 4.78 is 0. The minimum Gasteiger partial charge on any atom is -0.508 e. The van der Waals surface area contributed by atoms with E-state index in [-0.39, 0.29) is 18.1 Å². The largest absolute Gasteiger partial charge is 0.508 e. The average Bonchev–Trinajstić information content (AvgIpc) is 2.45. The van der Waals surface area contributed by atoms with Crippen molar-refractivity contribution in [2.75, 3.05) is 6.61 Å². The second-order valence-corrected chi connectivity index (χ2v) is 3.62. The molecule has 0 aromatic heterocycles. The maximum atomic E-state index is 11.1. The quantitative estimate of drug-likeness (QED) is 0.721. The number of hydrogen-bond acceptors (Lipinski definition) is 3.